The van der Waals surface area contributed by atoms with Gasteiger partial charge in [-0.2, -0.15) is 4.68 Å². The van der Waals surface area contributed by atoms with Crippen LogP contribution in [0, 0.1) is 0 Å². The molecule has 0 N–H and O–H groups in total. The summed E-state index contributed by atoms with van der Waals surface area (Å²) in [5.74, 6) is -1.19. The lowest BCUT2D eigenvalue weighted by Gasteiger charge is -2.07. The molecule has 27 heavy (non-hydrogen) atoms. The number of carbonyl (C=O) groups excluding carboxylic acids is 1. The number of fused-ring (bicyclic) bond motifs is 1. The monoisotopic (exact) mass is 407 g/mol. The quantitative estimate of drug-likeness (QED) is 0.573. The molecule has 0 aliphatic carbocycles. The van der Waals surface area contributed by atoms with Gasteiger partial charge in [0.05, 0.1) is 22.5 Å². The number of carbonyl (C=O) groups is 1. The molecule has 0 atom stereocenters. The van der Waals surface area contributed by atoms with Gasteiger partial charge in [0, 0.05) is 5.02 Å². The molecule has 0 spiro atoms. The Morgan fingerprint density at radius 1 is 1.11 bits per heavy atom. The normalized spacial score (nSPS) is 11.4. The maximum atomic E-state index is 12.2. The average Bonchev–Trinajstić information content (AvgIpc) is 2.66. The predicted octanol–water partition coefficient (Wildman–Crippen LogP) is 1.81. The number of ether oxygens (including phenoxy) is 1. The molecule has 2 aromatic carbocycles. The third-order valence-corrected chi connectivity index (χ3v) is 5.71. The van der Waals surface area contributed by atoms with Gasteiger partial charge in [-0.25, -0.2) is 8.42 Å². The fourth-order valence-corrected chi connectivity index (χ4v) is 3.64. The fraction of sp³-hybridized carbons (Fsp3) is 0.176. The molecule has 10 heteroatoms. The predicted molar refractivity (Wildman–Crippen MR) is 98.0 cm³/mol. The second kappa shape index (κ2) is 7.85. The number of hydrogen-bond acceptors (Lipinski definition) is 7. The largest absolute Gasteiger partial charge is 0.442 e. The highest BCUT2D eigenvalue weighted by atomic mass is 35.5. The Morgan fingerprint density at radius 2 is 1.81 bits per heavy atom. The standard InChI is InChI=1S/C17H14ClN3O5S/c18-12-5-7-13(8-6-12)27(24,25)10-9-16(22)26-11-21-17(23)14-3-1-2-4-15(14)19-20-21/h1-8H,9-11H2. The molecule has 0 bridgehead atoms. The van der Waals surface area contributed by atoms with Crippen molar-refractivity contribution in [3.05, 3.63) is 63.9 Å². The van der Waals surface area contributed by atoms with E-state index >= 15 is 0 Å². The van der Waals surface area contributed by atoms with E-state index in [1.807, 2.05) is 0 Å². The summed E-state index contributed by atoms with van der Waals surface area (Å²) < 4.78 is 30.2. The van der Waals surface area contributed by atoms with Crippen LogP contribution in [0.1, 0.15) is 6.42 Å². The van der Waals surface area contributed by atoms with Crippen LogP contribution in [-0.2, 0) is 26.1 Å². The van der Waals surface area contributed by atoms with Gasteiger partial charge in [0.2, 0.25) is 0 Å². The Balaban J connectivity index is 1.61. The molecular weight excluding hydrogens is 394 g/mol. The first-order valence-corrected chi connectivity index (χ1v) is 9.86. The number of rotatable bonds is 6. The number of hydrogen-bond donors (Lipinski definition) is 0. The number of nitrogens with zero attached hydrogens (tertiary/aromatic N) is 3. The van der Waals surface area contributed by atoms with Gasteiger partial charge in [-0.15, -0.1) is 5.10 Å². The molecule has 0 aliphatic rings. The van der Waals surface area contributed by atoms with Crippen LogP contribution in [-0.4, -0.2) is 35.1 Å². The third-order valence-electron chi connectivity index (χ3n) is 3.72. The summed E-state index contributed by atoms with van der Waals surface area (Å²) in [6.45, 7) is -0.448. The van der Waals surface area contributed by atoms with Gasteiger partial charge in [0.1, 0.15) is 5.52 Å². The highest BCUT2D eigenvalue weighted by Crippen LogP contribution is 2.16. The van der Waals surface area contributed by atoms with Crippen LogP contribution in [0.15, 0.2) is 58.2 Å². The fourth-order valence-electron chi connectivity index (χ4n) is 2.29. The van der Waals surface area contributed by atoms with Crippen LogP contribution in [0.5, 0.6) is 0 Å². The van der Waals surface area contributed by atoms with Crippen LogP contribution in [0.25, 0.3) is 10.9 Å². The molecule has 1 aromatic heterocycles. The molecule has 140 valence electrons. The van der Waals surface area contributed by atoms with Crippen molar-refractivity contribution in [1.29, 1.82) is 0 Å². The van der Waals surface area contributed by atoms with Gasteiger partial charge in [0.15, 0.2) is 16.6 Å². The lowest BCUT2D eigenvalue weighted by atomic mass is 10.2. The van der Waals surface area contributed by atoms with Crippen molar-refractivity contribution < 1.29 is 17.9 Å². The van der Waals surface area contributed by atoms with Crippen LogP contribution in [0.3, 0.4) is 0 Å². The molecule has 8 nitrogen and oxygen atoms in total. The average molecular weight is 408 g/mol. The van der Waals surface area contributed by atoms with Crippen molar-refractivity contribution >= 4 is 38.3 Å². The lowest BCUT2D eigenvalue weighted by molar-refractivity contribution is -0.147. The maximum Gasteiger partial charge on any atom is 0.308 e. The first-order valence-electron chi connectivity index (χ1n) is 7.83. The molecule has 1 heterocycles. The van der Waals surface area contributed by atoms with Crippen LogP contribution >= 0.6 is 11.6 Å². The second-order valence-electron chi connectivity index (χ2n) is 5.58. The van der Waals surface area contributed by atoms with E-state index < -0.39 is 33.8 Å². The minimum absolute atomic E-state index is 0.0660. The molecule has 0 unspecified atom stereocenters. The first-order chi connectivity index (χ1) is 12.9. The summed E-state index contributed by atoms with van der Waals surface area (Å²) >= 11 is 5.73. The SMILES string of the molecule is O=C(CCS(=O)(=O)c1ccc(Cl)cc1)OCn1nnc2ccccc2c1=O. The zero-order valence-electron chi connectivity index (χ0n) is 13.9. The summed E-state index contributed by atoms with van der Waals surface area (Å²) in [5.41, 5.74) is -0.0266. The van der Waals surface area contributed by atoms with Gasteiger partial charge in [-0.05, 0) is 36.4 Å². The Hall–Kier alpha value is -2.78. The summed E-state index contributed by atoms with van der Waals surface area (Å²) in [6.07, 6.45) is -0.360. The smallest absolute Gasteiger partial charge is 0.308 e. The highest BCUT2D eigenvalue weighted by molar-refractivity contribution is 7.91. The van der Waals surface area contributed by atoms with Crippen molar-refractivity contribution in [2.75, 3.05) is 5.75 Å². The van der Waals surface area contributed by atoms with Crippen LogP contribution < -0.4 is 5.56 Å². The number of esters is 1. The molecule has 0 radical (unpaired) electrons. The van der Waals surface area contributed by atoms with E-state index in [0.717, 1.165) is 4.68 Å². The molecule has 3 aromatic rings. The van der Waals surface area contributed by atoms with Crippen molar-refractivity contribution in [1.82, 2.24) is 15.0 Å². The van der Waals surface area contributed by atoms with E-state index in [2.05, 4.69) is 10.3 Å². The van der Waals surface area contributed by atoms with Crippen LogP contribution in [0.2, 0.25) is 5.02 Å². The molecular formula is C17H14ClN3O5S. The van der Waals surface area contributed by atoms with E-state index in [1.165, 1.54) is 24.3 Å². The summed E-state index contributed by atoms with van der Waals surface area (Å²) in [5, 5.41) is 8.31. The van der Waals surface area contributed by atoms with Crippen molar-refractivity contribution in [2.24, 2.45) is 0 Å². The number of halogens is 1. The Morgan fingerprint density at radius 3 is 2.56 bits per heavy atom. The molecule has 0 saturated carbocycles. The van der Waals surface area contributed by atoms with Crippen molar-refractivity contribution in [3.8, 4) is 0 Å². The highest BCUT2D eigenvalue weighted by Gasteiger charge is 2.17. The molecule has 0 aliphatic heterocycles. The number of benzene rings is 2. The van der Waals surface area contributed by atoms with Gasteiger partial charge in [-0.1, -0.05) is 28.9 Å². The van der Waals surface area contributed by atoms with E-state index in [-0.39, 0.29) is 11.3 Å². The third kappa shape index (κ3) is 4.50. The number of sulfone groups is 1. The second-order valence-corrected chi connectivity index (χ2v) is 8.13. The minimum atomic E-state index is -3.65. The van der Waals surface area contributed by atoms with Crippen molar-refractivity contribution in [2.45, 2.75) is 18.0 Å². The first kappa shape index (κ1) is 19.0. The Kier molecular flexibility index (Phi) is 5.52. The summed E-state index contributed by atoms with van der Waals surface area (Å²) in [4.78, 5) is 24.2. The van der Waals surface area contributed by atoms with Gasteiger partial charge in [-0.3, -0.25) is 9.59 Å². The molecule has 0 amide bonds. The minimum Gasteiger partial charge on any atom is -0.442 e. The Labute approximate surface area is 159 Å². The van der Waals surface area contributed by atoms with Gasteiger partial charge >= 0.3 is 5.97 Å². The summed E-state index contributed by atoms with van der Waals surface area (Å²) in [6, 6.07) is 12.3. The Bertz CT molecular complexity index is 1140. The van der Waals surface area contributed by atoms with E-state index in [1.54, 1.807) is 24.3 Å². The van der Waals surface area contributed by atoms with E-state index in [4.69, 9.17) is 16.3 Å². The zero-order valence-corrected chi connectivity index (χ0v) is 15.5. The topological polar surface area (TPSA) is 108 Å². The molecule has 0 saturated heterocycles. The van der Waals surface area contributed by atoms with Gasteiger partial charge < -0.3 is 4.74 Å². The van der Waals surface area contributed by atoms with E-state index in [0.29, 0.717) is 15.9 Å². The maximum absolute atomic E-state index is 12.2. The molecule has 3 rings (SSSR count). The summed E-state index contributed by atoms with van der Waals surface area (Å²) in [7, 11) is -3.65. The van der Waals surface area contributed by atoms with Crippen LogP contribution in [0.4, 0.5) is 0 Å². The molecule has 0 fully saturated rings. The lowest BCUT2D eigenvalue weighted by Crippen LogP contribution is -2.27. The van der Waals surface area contributed by atoms with Gasteiger partial charge in [0.25, 0.3) is 5.56 Å². The zero-order chi connectivity index (χ0) is 19.4. The van der Waals surface area contributed by atoms with Crippen molar-refractivity contribution in [3.63, 3.8) is 0 Å². The van der Waals surface area contributed by atoms with E-state index in [9.17, 15) is 18.0 Å². The number of aromatic nitrogens is 3.